The molecule has 1 atom stereocenters. The molecule has 0 unspecified atom stereocenters. The van der Waals surface area contributed by atoms with Gasteiger partial charge in [0, 0.05) is 39.3 Å². The minimum absolute atomic E-state index is 0.0611. The van der Waals surface area contributed by atoms with Crippen molar-refractivity contribution in [2.75, 3.05) is 51.1 Å². The van der Waals surface area contributed by atoms with Crippen LogP contribution in [0.4, 0.5) is 5.69 Å². The fourth-order valence-electron chi connectivity index (χ4n) is 3.80. The molecule has 2 heterocycles. The van der Waals surface area contributed by atoms with Gasteiger partial charge >= 0.3 is 0 Å². The van der Waals surface area contributed by atoms with E-state index in [0.29, 0.717) is 17.3 Å². The quantitative estimate of drug-likeness (QED) is 0.835. The number of piperidine rings is 1. The summed E-state index contributed by atoms with van der Waals surface area (Å²) >= 11 is 6.09. The van der Waals surface area contributed by atoms with E-state index in [0.717, 1.165) is 52.1 Å². The molecule has 0 spiro atoms. The Labute approximate surface area is 166 Å². The van der Waals surface area contributed by atoms with Gasteiger partial charge in [-0.2, -0.15) is 0 Å². The average molecular weight is 393 g/mol. The van der Waals surface area contributed by atoms with Crippen molar-refractivity contribution in [2.45, 2.75) is 32.2 Å². The monoisotopic (exact) mass is 392 g/mol. The molecule has 0 radical (unpaired) electrons. The summed E-state index contributed by atoms with van der Waals surface area (Å²) in [6.45, 7) is 7.32. The van der Waals surface area contributed by atoms with Crippen LogP contribution in [0.1, 0.15) is 26.2 Å². The topological polar surface area (TPSA) is 55.9 Å². The van der Waals surface area contributed by atoms with Gasteiger partial charge in [0.25, 0.3) is 0 Å². The Bertz CT molecular complexity index is 655. The molecular formula is C20H29ClN4O2. The van der Waals surface area contributed by atoms with Crippen molar-refractivity contribution < 1.29 is 9.59 Å². The zero-order chi connectivity index (χ0) is 19.2. The highest BCUT2D eigenvalue weighted by molar-refractivity contribution is 6.33. The molecule has 1 aromatic rings. The predicted molar refractivity (Wildman–Crippen MR) is 108 cm³/mol. The molecule has 2 fully saturated rings. The van der Waals surface area contributed by atoms with Crippen LogP contribution in [0.15, 0.2) is 24.3 Å². The minimum Gasteiger partial charge on any atom is -0.341 e. The van der Waals surface area contributed by atoms with Crippen LogP contribution in [0.2, 0.25) is 5.02 Å². The second-order valence-electron chi connectivity index (χ2n) is 7.40. The smallest absolute Gasteiger partial charge is 0.239 e. The summed E-state index contributed by atoms with van der Waals surface area (Å²) in [4.78, 5) is 31.3. The highest BCUT2D eigenvalue weighted by Gasteiger charge is 2.29. The third kappa shape index (κ3) is 5.43. The van der Waals surface area contributed by atoms with E-state index in [1.807, 2.05) is 24.0 Å². The van der Waals surface area contributed by atoms with Crippen LogP contribution in [0.5, 0.6) is 0 Å². The number of piperazine rings is 1. The number of hydrogen-bond donors (Lipinski definition) is 1. The van der Waals surface area contributed by atoms with Gasteiger partial charge in [0.05, 0.1) is 23.3 Å². The van der Waals surface area contributed by atoms with Crippen molar-refractivity contribution in [1.29, 1.82) is 0 Å². The second kappa shape index (κ2) is 9.53. The second-order valence-corrected chi connectivity index (χ2v) is 7.81. The number of rotatable bonds is 5. The maximum absolute atomic E-state index is 12.7. The van der Waals surface area contributed by atoms with Gasteiger partial charge in [0.15, 0.2) is 0 Å². The van der Waals surface area contributed by atoms with Crippen LogP contribution in [-0.4, -0.2) is 78.4 Å². The first-order chi connectivity index (χ1) is 13.0. The lowest BCUT2D eigenvalue weighted by atomic mass is 10.1. The Kier molecular flexibility index (Phi) is 7.10. The van der Waals surface area contributed by atoms with Crippen molar-refractivity contribution in [3.05, 3.63) is 29.3 Å². The Morgan fingerprint density at radius 2 is 1.70 bits per heavy atom. The standard InChI is InChI=1S/C20H29ClN4O2/c1-16(20(27)25-9-5-2-6-10-25)24-13-11-23(12-14-24)15-19(26)22-18-8-4-3-7-17(18)21/h3-4,7-8,16H,2,5-6,9-15H2,1H3,(H,22,26)/t16-/m1/s1. The lowest BCUT2D eigenvalue weighted by molar-refractivity contribution is -0.138. The molecule has 0 bridgehead atoms. The zero-order valence-corrected chi connectivity index (χ0v) is 16.7. The number of carbonyl (C=O) groups is 2. The number of carbonyl (C=O) groups excluding carboxylic acids is 2. The highest BCUT2D eigenvalue weighted by Crippen LogP contribution is 2.20. The number of nitrogens with one attached hydrogen (secondary N) is 1. The van der Waals surface area contributed by atoms with E-state index in [1.54, 1.807) is 12.1 Å². The van der Waals surface area contributed by atoms with Crippen molar-refractivity contribution >= 4 is 29.1 Å². The van der Waals surface area contributed by atoms with Gasteiger partial charge in [-0.05, 0) is 38.3 Å². The number of halogens is 1. The van der Waals surface area contributed by atoms with Crippen LogP contribution in [0, 0.1) is 0 Å². The van der Waals surface area contributed by atoms with Gasteiger partial charge in [-0.1, -0.05) is 23.7 Å². The largest absolute Gasteiger partial charge is 0.341 e. The maximum Gasteiger partial charge on any atom is 0.239 e. The molecule has 2 aliphatic rings. The van der Waals surface area contributed by atoms with Gasteiger partial charge < -0.3 is 10.2 Å². The molecule has 0 aromatic heterocycles. The lowest BCUT2D eigenvalue weighted by Crippen LogP contribution is -2.55. The normalized spacial score (nSPS) is 20.3. The Balaban J connectivity index is 1.43. The van der Waals surface area contributed by atoms with E-state index in [2.05, 4.69) is 15.1 Å². The predicted octanol–water partition coefficient (Wildman–Crippen LogP) is 2.30. The molecule has 3 rings (SSSR count). The SMILES string of the molecule is C[C@H](C(=O)N1CCCCC1)N1CCN(CC(=O)Nc2ccccc2Cl)CC1. The number of likely N-dealkylation sites (tertiary alicyclic amines) is 1. The van der Waals surface area contributed by atoms with Crippen LogP contribution in [0.3, 0.4) is 0 Å². The van der Waals surface area contributed by atoms with Gasteiger partial charge in [0.2, 0.25) is 11.8 Å². The van der Waals surface area contributed by atoms with Crippen molar-refractivity contribution in [2.24, 2.45) is 0 Å². The van der Waals surface area contributed by atoms with E-state index < -0.39 is 0 Å². The van der Waals surface area contributed by atoms with Crippen LogP contribution >= 0.6 is 11.6 Å². The van der Waals surface area contributed by atoms with E-state index in [4.69, 9.17) is 11.6 Å². The third-order valence-electron chi connectivity index (χ3n) is 5.49. The first-order valence-electron chi connectivity index (χ1n) is 9.84. The van der Waals surface area contributed by atoms with Crippen LogP contribution in [-0.2, 0) is 9.59 Å². The summed E-state index contributed by atoms with van der Waals surface area (Å²) < 4.78 is 0. The highest BCUT2D eigenvalue weighted by atomic mass is 35.5. The molecule has 2 aliphatic heterocycles. The summed E-state index contributed by atoms with van der Waals surface area (Å²) in [6.07, 6.45) is 3.46. The van der Waals surface area contributed by atoms with Crippen molar-refractivity contribution in [3.8, 4) is 0 Å². The molecule has 1 aromatic carbocycles. The summed E-state index contributed by atoms with van der Waals surface area (Å²) in [5.41, 5.74) is 0.642. The number of hydrogen-bond acceptors (Lipinski definition) is 4. The molecule has 0 aliphatic carbocycles. The summed E-state index contributed by atoms with van der Waals surface area (Å²) in [7, 11) is 0. The summed E-state index contributed by atoms with van der Waals surface area (Å²) in [5.74, 6) is 0.189. The zero-order valence-electron chi connectivity index (χ0n) is 16.0. The summed E-state index contributed by atoms with van der Waals surface area (Å²) in [5, 5.41) is 3.41. The lowest BCUT2D eigenvalue weighted by Gasteiger charge is -2.39. The van der Waals surface area contributed by atoms with E-state index in [1.165, 1.54) is 6.42 Å². The first kappa shape index (κ1) is 20.1. The van der Waals surface area contributed by atoms with E-state index >= 15 is 0 Å². The molecule has 1 N–H and O–H groups in total. The molecule has 0 saturated carbocycles. The molecule has 27 heavy (non-hydrogen) atoms. The van der Waals surface area contributed by atoms with Gasteiger partial charge in [-0.15, -0.1) is 0 Å². The molecule has 2 saturated heterocycles. The molecular weight excluding hydrogens is 364 g/mol. The number of benzene rings is 1. The Hall–Kier alpha value is -1.63. The molecule has 2 amide bonds. The molecule has 7 heteroatoms. The first-order valence-corrected chi connectivity index (χ1v) is 10.2. The maximum atomic E-state index is 12.7. The van der Waals surface area contributed by atoms with Crippen LogP contribution < -0.4 is 5.32 Å². The van der Waals surface area contributed by atoms with Crippen molar-refractivity contribution in [3.63, 3.8) is 0 Å². The van der Waals surface area contributed by atoms with Gasteiger partial charge in [-0.3, -0.25) is 19.4 Å². The third-order valence-corrected chi connectivity index (χ3v) is 5.82. The van der Waals surface area contributed by atoms with Crippen LogP contribution in [0.25, 0.3) is 0 Å². The molecule has 6 nitrogen and oxygen atoms in total. The fourth-order valence-corrected chi connectivity index (χ4v) is 3.98. The van der Waals surface area contributed by atoms with Gasteiger partial charge in [-0.25, -0.2) is 0 Å². The fraction of sp³-hybridized carbons (Fsp3) is 0.600. The Morgan fingerprint density at radius 1 is 1.04 bits per heavy atom. The summed E-state index contributed by atoms with van der Waals surface area (Å²) in [6, 6.07) is 7.16. The number of nitrogens with zero attached hydrogens (tertiary/aromatic N) is 3. The van der Waals surface area contributed by atoms with Gasteiger partial charge in [0.1, 0.15) is 0 Å². The van der Waals surface area contributed by atoms with E-state index in [9.17, 15) is 9.59 Å². The number of amides is 2. The number of para-hydroxylation sites is 1. The van der Waals surface area contributed by atoms with E-state index in [-0.39, 0.29) is 17.9 Å². The molecule has 148 valence electrons. The average Bonchev–Trinajstić information content (AvgIpc) is 2.70. The number of anilines is 1. The minimum atomic E-state index is -0.0813. The Morgan fingerprint density at radius 3 is 2.37 bits per heavy atom. The van der Waals surface area contributed by atoms with Crippen molar-refractivity contribution in [1.82, 2.24) is 14.7 Å².